The van der Waals surface area contributed by atoms with Gasteiger partial charge in [0.25, 0.3) is 0 Å². The van der Waals surface area contributed by atoms with Gasteiger partial charge in [0.1, 0.15) is 0 Å². The van der Waals surface area contributed by atoms with Gasteiger partial charge in [0.2, 0.25) is 28.2 Å². The average Bonchev–Trinajstić information content (AvgIpc) is 2.90. The summed E-state index contributed by atoms with van der Waals surface area (Å²) < 4.78 is 0. The normalized spacial score (nSPS) is 9.86. The Morgan fingerprint density at radius 1 is 0.386 bits per heavy atom. The molecule has 0 aliphatic carbocycles. The van der Waals surface area contributed by atoms with E-state index in [0.717, 1.165) is 0 Å². The fourth-order valence-corrected chi connectivity index (χ4v) is 5.72. The number of rotatable bonds is 3. The topological polar surface area (TPSA) is 17.4 Å². The first kappa shape index (κ1) is 44.9. The molecular formula is C38H51N4NiS+. The van der Waals surface area contributed by atoms with Gasteiger partial charge in [-0.1, -0.05) is 98.7 Å². The van der Waals surface area contributed by atoms with Gasteiger partial charge in [-0.05, 0) is 69.3 Å². The van der Waals surface area contributed by atoms with Gasteiger partial charge in [0.15, 0.2) is 14.7 Å². The smallest absolute Gasteiger partial charge is 0.205 e. The van der Waals surface area contributed by atoms with Crippen LogP contribution in [0.15, 0.2) is 87.5 Å². The molecule has 0 aromatic heterocycles. The molecule has 0 radical (unpaired) electrons. The summed E-state index contributed by atoms with van der Waals surface area (Å²) in [6, 6.07) is 27.8. The van der Waals surface area contributed by atoms with Gasteiger partial charge in [-0.25, -0.2) is 26.3 Å². The van der Waals surface area contributed by atoms with E-state index in [9.17, 15) is 0 Å². The first-order chi connectivity index (χ1) is 19.9. The van der Waals surface area contributed by atoms with Crippen LogP contribution in [0.4, 0.5) is 0 Å². The molecule has 0 saturated carbocycles. The standard InChI is InChI=1S/C30H39S.4C2H3N.Ni/c1-28(2,3)22-10-16-25(17-11-22)31(26-18-12-23(13-19-26)29(4,5)6)27-20-14-24(15-21-27)30(7,8)9;4*1-3-2;/h10-21H,1-9H3;4*1H3;/q+1;;;;;. The molecule has 6 heteroatoms. The van der Waals surface area contributed by atoms with Gasteiger partial charge in [0.05, 0.1) is 10.9 Å². The van der Waals surface area contributed by atoms with Crippen molar-refractivity contribution >= 4 is 10.9 Å². The van der Waals surface area contributed by atoms with Crippen LogP contribution in [-0.2, 0) is 43.6 Å². The molecule has 238 valence electrons. The molecule has 3 rings (SSSR count). The molecule has 0 fully saturated rings. The van der Waals surface area contributed by atoms with E-state index in [4.69, 9.17) is 26.3 Å². The van der Waals surface area contributed by atoms with Gasteiger partial charge >= 0.3 is 0 Å². The summed E-state index contributed by atoms with van der Waals surface area (Å²) in [5, 5.41) is 0. The van der Waals surface area contributed by atoms with Crippen molar-refractivity contribution < 1.29 is 16.5 Å². The summed E-state index contributed by atoms with van der Waals surface area (Å²) >= 11 is 0. The van der Waals surface area contributed by atoms with Crippen molar-refractivity contribution in [2.45, 2.75) is 93.2 Å². The quantitative estimate of drug-likeness (QED) is 0.152. The number of benzene rings is 3. The molecule has 0 amide bonds. The summed E-state index contributed by atoms with van der Waals surface area (Å²) in [5.41, 5.74) is 4.64. The molecule has 44 heavy (non-hydrogen) atoms. The molecule has 0 unspecified atom stereocenters. The molecule has 0 aliphatic heterocycles. The van der Waals surface area contributed by atoms with Crippen LogP contribution in [0.25, 0.3) is 19.4 Å². The van der Waals surface area contributed by atoms with E-state index in [1.807, 2.05) is 0 Å². The summed E-state index contributed by atoms with van der Waals surface area (Å²) in [6.07, 6.45) is 0. The Kier molecular flexibility index (Phi) is 22.5. The maximum absolute atomic E-state index is 5.83. The van der Waals surface area contributed by atoms with Crippen LogP contribution in [0.5, 0.6) is 0 Å². The average molecular weight is 655 g/mol. The van der Waals surface area contributed by atoms with Gasteiger partial charge in [0, 0.05) is 16.5 Å². The molecule has 3 aromatic rings. The van der Waals surface area contributed by atoms with Gasteiger partial charge < -0.3 is 19.4 Å². The maximum atomic E-state index is 5.83. The van der Waals surface area contributed by atoms with Crippen LogP contribution >= 0.6 is 0 Å². The Labute approximate surface area is 282 Å². The van der Waals surface area contributed by atoms with E-state index in [0.29, 0.717) is 0 Å². The van der Waals surface area contributed by atoms with E-state index < -0.39 is 0 Å². The molecule has 0 saturated heterocycles. The third-order valence-electron chi connectivity index (χ3n) is 5.87. The van der Waals surface area contributed by atoms with Crippen molar-refractivity contribution in [1.82, 2.24) is 0 Å². The monoisotopic (exact) mass is 653 g/mol. The van der Waals surface area contributed by atoms with E-state index in [2.05, 4.69) is 154 Å². The zero-order valence-electron chi connectivity index (χ0n) is 28.9. The summed E-state index contributed by atoms with van der Waals surface area (Å²) in [5.74, 6) is 0. The Balaban J connectivity index is -0.00000112. The second-order valence-electron chi connectivity index (χ2n) is 12.5. The first-order valence-electron chi connectivity index (χ1n) is 14.0. The molecule has 0 aliphatic rings. The Bertz CT molecular complexity index is 1180. The van der Waals surface area contributed by atoms with Gasteiger partial charge in [-0.3, -0.25) is 0 Å². The van der Waals surface area contributed by atoms with Crippen molar-refractivity contribution in [2.24, 2.45) is 0 Å². The van der Waals surface area contributed by atoms with Gasteiger partial charge in [-0.2, -0.15) is 0 Å². The van der Waals surface area contributed by atoms with Gasteiger partial charge in [-0.15, -0.1) is 0 Å². The second kappa shape index (κ2) is 22.0. The van der Waals surface area contributed by atoms with Crippen molar-refractivity contribution in [3.63, 3.8) is 0 Å². The van der Waals surface area contributed by atoms with Crippen LogP contribution in [0.2, 0.25) is 0 Å². The van der Waals surface area contributed by atoms with E-state index in [1.165, 1.54) is 59.6 Å². The minimum Gasteiger partial charge on any atom is -0.320 e. The largest absolute Gasteiger partial charge is 0.320 e. The zero-order valence-corrected chi connectivity index (χ0v) is 30.7. The Hall–Kier alpha value is -3.54. The first-order valence-corrected chi connectivity index (χ1v) is 15.2. The van der Waals surface area contributed by atoms with Crippen LogP contribution in [0.1, 0.15) is 79.0 Å². The van der Waals surface area contributed by atoms with Crippen molar-refractivity contribution in [1.29, 1.82) is 0 Å². The molecule has 3 aromatic carbocycles. The molecule has 0 atom stereocenters. The van der Waals surface area contributed by atoms with Crippen molar-refractivity contribution in [2.75, 3.05) is 28.2 Å². The third-order valence-corrected chi connectivity index (χ3v) is 8.10. The van der Waals surface area contributed by atoms with E-state index in [-0.39, 0.29) is 43.6 Å². The molecule has 4 nitrogen and oxygen atoms in total. The minimum atomic E-state index is -0.120. The molecule has 0 spiro atoms. The Morgan fingerprint density at radius 2 is 0.523 bits per heavy atom. The van der Waals surface area contributed by atoms with E-state index in [1.54, 1.807) is 0 Å². The summed E-state index contributed by atoms with van der Waals surface area (Å²) in [6.45, 7) is 43.8. The predicted molar refractivity (Wildman–Crippen MR) is 188 cm³/mol. The molecule has 0 N–H and O–H groups in total. The van der Waals surface area contributed by atoms with Crippen LogP contribution in [-0.4, -0.2) is 28.2 Å². The maximum Gasteiger partial charge on any atom is 0.205 e. The minimum absolute atomic E-state index is 0. The molecule has 0 bridgehead atoms. The zero-order chi connectivity index (χ0) is 33.9. The number of hydrogen-bond donors (Lipinski definition) is 0. The number of nitrogens with zero attached hydrogens (tertiary/aromatic N) is 4. The summed E-state index contributed by atoms with van der Waals surface area (Å²) in [7, 11) is 5.55. The fourth-order valence-electron chi connectivity index (χ4n) is 3.68. The second-order valence-corrected chi connectivity index (χ2v) is 14.6. The molecule has 0 heterocycles. The number of hydrogen-bond acceptors (Lipinski definition) is 0. The van der Waals surface area contributed by atoms with E-state index >= 15 is 0 Å². The summed E-state index contributed by atoms with van der Waals surface area (Å²) in [4.78, 5) is 15.1. The fraction of sp³-hybridized carbons (Fsp3) is 0.421. The van der Waals surface area contributed by atoms with Crippen LogP contribution < -0.4 is 0 Å². The Morgan fingerprint density at radius 3 is 0.636 bits per heavy atom. The predicted octanol–water partition coefficient (Wildman–Crippen LogP) is 10.8. The van der Waals surface area contributed by atoms with Crippen LogP contribution in [0.3, 0.4) is 0 Å². The van der Waals surface area contributed by atoms with Crippen molar-refractivity contribution in [3.05, 3.63) is 135 Å². The van der Waals surface area contributed by atoms with Crippen molar-refractivity contribution in [3.8, 4) is 0 Å². The SMILES string of the molecule is CC(C)(C)c1ccc([S+](c2ccc(C(C)(C)C)cc2)c2ccc(C(C)(C)C)cc2)cc1.[C-]#[N+]C.[C-]#[N+]C.[C-]#[N+]C.[C-]#[N+]C.[Ni]. The third kappa shape index (κ3) is 16.9. The van der Waals surface area contributed by atoms with Crippen LogP contribution in [0, 0.1) is 26.3 Å². The molecular weight excluding hydrogens is 603 g/mol.